The van der Waals surface area contributed by atoms with Crippen molar-refractivity contribution >= 4 is 0 Å². The zero-order valence-electron chi connectivity index (χ0n) is 12.9. The van der Waals surface area contributed by atoms with Crippen LogP contribution in [-0.4, -0.2) is 37.1 Å². The Bertz CT molecular complexity index is 306. The lowest BCUT2D eigenvalue weighted by Gasteiger charge is -2.20. The van der Waals surface area contributed by atoms with E-state index in [-0.39, 0.29) is 0 Å². The van der Waals surface area contributed by atoms with Crippen LogP contribution in [0.4, 0.5) is 0 Å². The summed E-state index contributed by atoms with van der Waals surface area (Å²) >= 11 is 0. The van der Waals surface area contributed by atoms with Crippen LogP contribution < -0.4 is 5.32 Å². The summed E-state index contributed by atoms with van der Waals surface area (Å²) in [6, 6.07) is 11.4. The highest BCUT2D eigenvalue weighted by atomic mass is 15.1. The second-order valence-corrected chi connectivity index (χ2v) is 5.13. The summed E-state index contributed by atoms with van der Waals surface area (Å²) in [5, 5.41) is 3.69. The van der Waals surface area contributed by atoms with Crippen LogP contribution in [-0.2, 0) is 6.42 Å². The van der Waals surface area contributed by atoms with E-state index in [2.05, 4.69) is 61.3 Å². The first-order chi connectivity index (χ1) is 9.30. The number of benzene rings is 1. The van der Waals surface area contributed by atoms with Crippen LogP contribution in [0.1, 0.15) is 39.2 Å². The normalized spacial score (nSPS) is 12.8. The van der Waals surface area contributed by atoms with E-state index in [1.54, 1.807) is 0 Å². The number of rotatable bonds is 10. The Kier molecular flexibility index (Phi) is 8.52. The summed E-state index contributed by atoms with van der Waals surface area (Å²) < 4.78 is 0. The topological polar surface area (TPSA) is 15.3 Å². The van der Waals surface area contributed by atoms with E-state index >= 15 is 0 Å². The van der Waals surface area contributed by atoms with Crippen molar-refractivity contribution in [1.82, 2.24) is 10.2 Å². The molecule has 1 aromatic carbocycles. The van der Waals surface area contributed by atoms with Crippen LogP contribution in [0.3, 0.4) is 0 Å². The van der Waals surface area contributed by atoms with Crippen molar-refractivity contribution in [3.8, 4) is 0 Å². The third-order valence-corrected chi connectivity index (χ3v) is 3.80. The zero-order valence-corrected chi connectivity index (χ0v) is 12.9. The molecule has 0 saturated carbocycles. The van der Waals surface area contributed by atoms with Gasteiger partial charge in [0.15, 0.2) is 0 Å². The van der Waals surface area contributed by atoms with Gasteiger partial charge in [0.25, 0.3) is 0 Å². The van der Waals surface area contributed by atoms with Gasteiger partial charge >= 0.3 is 0 Å². The molecule has 0 radical (unpaired) electrons. The van der Waals surface area contributed by atoms with E-state index in [1.807, 2.05) is 0 Å². The maximum atomic E-state index is 3.69. The summed E-state index contributed by atoms with van der Waals surface area (Å²) in [5.74, 6) is 0. The van der Waals surface area contributed by atoms with Crippen molar-refractivity contribution in [3.63, 3.8) is 0 Å². The molecule has 0 amide bonds. The second kappa shape index (κ2) is 9.99. The number of nitrogens with one attached hydrogen (secondary N) is 1. The van der Waals surface area contributed by atoms with Crippen LogP contribution in [0.5, 0.6) is 0 Å². The Balaban J connectivity index is 2.22. The molecule has 1 unspecified atom stereocenters. The zero-order chi connectivity index (χ0) is 13.9. The van der Waals surface area contributed by atoms with Gasteiger partial charge < -0.3 is 10.2 Å². The minimum absolute atomic E-state index is 0.610. The molecule has 0 saturated heterocycles. The predicted molar refractivity (Wildman–Crippen MR) is 84.6 cm³/mol. The molecule has 0 bridgehead atoms. The van der Waals surface area contributed by atoms with Crippen molar-refractivity contribution < 1.29 is 0 Å². The number of nitrogens with zero attached hydrogens (tertiary/aromatic N) is 1. The Morgan fingerprint density at radius 3 is 2.32 bits per heavy atom. The number of hydrogen-bond donors (Lipinski definition) is 1. The lowest BCUT2D eigenvalue weighted by atomic mass is 10.0. The Morgan fingerprint density at radius 2 is 1.74 bits per heavy atom. The number of hydrogen-bond acceptors (Lipinski definition) is 2. The van der Waals surface area contributed by atoms with Crippen LogP contribution in [0, 0.1) is 0 Å². The SMILES string of the molecule is CCC(Cc1ccccc1)NCCCN(CC)CC. The summed E-state index contributed by atoms with van der Waals surface area (Å²) in [7, 11) is 0. The molecule has 0 aromatic heterocycles. The van der Waals surface area contributed by atoms with Gasteiger partial charge in [0, 0.05) is 6.04 Å². The third kappa shape index (κ3) is 6.74. The summed E-state index contributed by atoms with van der Waals surface area (Å²) in [6.07, 6.45) is 3.58. The van der Waals surface area contributed by atoms with Crippen LogP contribution >= 0.6 is 0 Å². The van der Waals surface area contributed by atoms with Gasteiger partial charge in [0.05, 0.1) is 0 Å². The van der Waals surface area contributed by atoms with Crippen LogP contribution in [0.25, 0.3) is 0 Å². The molecule has 0 aliphatic carbocycles. The average molecular weight is 262 g/mol. The smallest absolute Gasteiger partial charge is 0.0105 e. The molecule has 1 atom stereocenters. The van der Waals surface area contributed by atoms with Gasteiger partial charge in [0.1, 0.15) is 0 Å². The highest BCUT2D eigenvalue weighted by Gasteiger charge is 2.06. The van der Waals surface area contributed by atoms with Gasteiger partial charge in [-0.25, -0.2) is 0 Å². The first-order valence-corrected chi connectivity index (χ1v) is 7.79. The minimum Gasteiger partial charge on any atom is -0.314 e. The fraction of sp³-hybridized carbons (Fsp3) is 0.647. The van der Waals surface area contributed by atoms with Gasteiger partial charge in [-0.3, -0.25) is 0 Å². The quantitative estimate of drug-likeness (QED) is 0.651. The second-order valence-electron chi connectivity index (χ2n) is 5.13. The first kappa shape index (κ1) is 16.2. The molecule has 1 aromatic rings. The van der Waals surface area contributed by atoms with Crippen LogP contribution in [0.15, 0.2) is 30.3 Å². The monoisotopic (exact) mass is 262 g/mol. The molecule has 0 spiro atoms. The van der Waals surface area contributed by atoms with E-state index in [1.165, 1.54) is 24.9 Å². The molecule has 0 fully saturated rings. The Morgan fingerprint density at radius 1 is 1.05 bits per heavy atom. The van der Waals surface area contributed by atoms with Crippen LogP contribution in [0.2, 0.25) is 0 Å². The molecule has 0 heterocycles. The summed E-state index contributed by atoms with van der Waals surface area (Å²) in [4.78, 5) is 2.49. The first-order valence-electron chi connectivity index (χ1n) is 7.79. The van der Waals surface area contributed by atoms with Gasteiger partial charge in [-0.05, 0) is 51.0 Å². The van der Waals surface area contributed by atoms with Gasteiger partial charge in [-0.2, -0.15) is 0 Å². The van der Waals surface area contributed by atoms with Gasteiger partial charge in [-0.15, -0.1) is 0 Å². The molecule has 2 heteroatoms. The summed E-state index contributed by atoms with van der Waals surface area (Å²) in [5.41, 5.74) is 1.44. The standard InChI is InChI=1S/C17H30N2/c1-4-17(15-16-11-8-7-9-12-16)18-13-10-14-19(5-2)6-3/h7-9,11-12,17-18H,4-6,10,13-15H2,1-3H3. The van der Waals surface area contributed by atoms with Crippen molar-refractivity contribution in [2.24, 2.45) is 0 Å². The molecular weight excluding hydrogens is 232 g/mol. The lowest BCUT2D eigenvalue weighted by molar-refractivity contribution is 0.295. The molecule has 2 nitrogen and oxygen atoms in total. The minimum atomic E-state index is 0.610. The van der Waals surface area contributed by atoms with Gasteiger partial charge in [-0.1, -0.05) is 51.1 Å². The lowest BCUT2D eigenvalue weighted by Crippen LogP contribution is -2.33. The van der Waals surface area contributed by atoms with E-state index in [9.17, 15) is 0 Å². The van der Waals surface area contributed by atoms with E-state index in [0.717, 1.165) is 26.1 Å². The maximum Gasteiger partial charge on any atom is 0.0105 e. The fourth-order valence-electron chi connectivity index (χ4n) is 2.41. The molecule has 0 aliphatic heterocycles. The fourth-order valence-corrected chi connectivity index (χ4v) is 2.41. The van der Waals surface area contributed by atoms with E-state index < -0.39 is 0 Å². The molecule has 0 aliphatic rings. The van der Waals surface area contributed by atoms with E-state index in [0.29, 0.717) is 6.04 Å². The Labute approximate surface area is 119 Å². The molecule has 108 valence electrons. The average Bonchev–Trinajstić information content (AvgIpc) is 2.47. The molecular formula is C17H30N2. The predicted octanol–water partition coefficient (Wildman–Crippen LogP) is 3.33. The third-order valence-electron chi connectivity index (χ3n) is 3.80. The maximum absolute atomic E-state index is 3.69. The highest BCUT2D eigenvalue weighted by molar-refractivity contribution is 5.15. The highest BCUT2D eigenvalue weighted by Crippen LogP contribution is 2.05. The largest absolute Gasteiger partial charge is 0.314 e. The van der Waals surface area contributed by atoms with Crippen molar-refractivity contribution in [3.05, 3.63) is 35.9 Å². The van der Waals surface area contributed by atoms with Crippen molar-refractivity contribution in [2.45, 2.75) is 46.1 Å². The van der Waals surface area contributed by atoms with E-state index in [4.69, 9.17) is 0 Å². The Hall–Kier alpha value is -0.860. The molecule has 1 N–H and O–H groups in total. The summed E-state index contributed by atoms with van der Waals surface area (Å²) in [6.45, 7) is 11.4. The molecule has 19 heavy (non-hydrogen) atoms. The van der Waals surface area contributed by atoms with Crippen molar-refractivity contribution in [2.75, 3.05) is 26.2 Å². The van der Waals surface area contributed by atoms with Crippen molar-refractivity contribution in [1.29, 1.82) is 0 Å². The molecule has 1 rings (SSSR count). The van der Waals surface area contributed by atoms with Gasteiger partial charge in [0.2, 0.25) is 0 Å².